The van der Waals surface area contributed by atoms with Crippen LogP contribution < -0.4 is 5.32 Å². The van der Waals surface area contributed by atoms with Crippen LogP contribution in [0.5, 0.6) is 0 Å². The van der Waals surface area contributed by atoms with Crippen LogP contribution in [-0.4, -0.2) is 27.1 Å². The lowest BCUT2D eigenvalue weighted by molar-refractivity contribution is 0.596. The highest BCUT2D eigenvalue weighted by molar-refractivity contribution is 8.00. The van der Waals surface area contributed by atoms with Crippen LogP contribution in [0, 0.1) is 0 Å². The molecule has 0 spiro atoms. The number of rotatable bonds is 5. The predicted molar refractivity (Wildman–Crippen MR) is 65.1 cm³/mol. The molecule has 1 unspecified atom stereocenters. The van der Waals surface area contributed by atoms with E-state index in [9.17, 15) is 0 Å². The Morgan fingerprint density at radius 1 is 1.67 bits per heavy atom. The van der Waals surface area contributed by atoms with Crippen molar-refractivity contribution in [2.45, 2.75) is 38.1 Å². The summed E-state index contributed by atoms with van der Waals surface area (Å²) in [5.74, 6) is 2.50. The summed E-state index contributed by atoms with van der Waals surface area (Å²) >= 11 is 2.10. The van der Waals surface area contributed by atoms with Gasteiger partial charge < -0.3 is 9.88 Å². The summed E-state index contributed by atoms with van der Waals surface area (Å²) in [6.07, 6.45) is 6.69. The van der Waals surface area contributed by atoms with Gasteiger partial charge in [-0.1, -0.05) is 0 Å². The Hall–Kier alpha value is -0.480. The van der Waals surface area contributed by atoms with Crippen molar-refractivity contribution in [2.24, 2.45) is 0 Å². The number of hydrogen-bond acceptors (Lipinski definition) is 3. The van der Waals surface area contributed by atoms with Gasteiger partial charge in [0.2, 0.25) is 0 Å². The topological polar surface area (TPSA) is 29.9 Å². The number of aryl methyl sites for hydroxylation is 1. The molecule has 15 heavy (non-hydrogen) atoms. The van der Waals surface area contributed by atoms with E-state index in [1.807, 2.05) is 12.4 Å². The molecule has 1 atom stereocenters. The summed E-state index contributed by atoms with van der Waals surface area (Å²) < 4.78 is 2.19. The van der Waals surface area contributed by atoms with Crippen LogP contribution in [0.1, 0.15) is 25.6 Å². The molecule has 2 heterocycles. The monoisotopic (exact) mass is 225 g/mol. The number of nitrogens with zero attached hydrogens (tertiary/aromatic N) is 2. The van der Waals surface area contributed by atoms with Crippen LogP contribution in [0.25, 0.3) is 0 Å². The van der Waals surface area contributed by atoms with Crippen molar-refractivity contribution in [3.8, 4) is 0 Å². The molecule has 1 aromatic rings. The fourth-order valence-electron chi connectivity index (χ4n) is 1.95. The summed E-state index contributed by atoms with van der Waals surface area (Å²) in [5.41, 5.74) is 0. The maximum absolute atomic E-state index is 4.34. The molecule has 1 aliphatic rings. The molecule has 1 N–H and O–H groups in total. The van der Waals surface area contributed by atoms with E-state index in [1.165, 1.54) is 18.6 Å². The smallest absolute Gasteiger partial charge is 0.122 e. The average molecular weight is 225 g/mol. The Morgan fingerprint density at radius 3 is 3.33 bits per heavy atom. The second kappa shape index (κ2) is 5.56. The summed E-state index contributed by atoms with van der Waals surface area (Å²) in [7, 11) is 0. The van der Waals surface area contributed by atoms with Crippen molar-refractivity contribution in [3.63, 3.8) is 0 Å². The highest BCUT2D eigenvalue weighted by Crippen LogP contribution is 2.25. The Kier molecular flexibility index (Phi) is 4.09. The van der Waals surface area contributed by atoms with Gasteiger partial charge in [0.15, 0.2) is 0 Å². The summed E-state index contributed by atoms with van der Waals surface area (Å²) in [4.78, 5) is 4.34. The average Bonchev–Trinajstić information content (AvgIpc) is 2.88. The SMILES string of the molecule is CCn1ccnc1CNCC1CCCS1. The van der Waals surface area contributed by atoms with Crippen molar-refractivity contribution in [1.82, 2.24) is 14.9 Å². The van der Waals surface area contributed by atoms with Crippen molar-refractivity contribution in [1.29, 1.82) is 0 Å². The normalized spacial score (nSPS) is 21.0. The Labute approximate surface area is 95.7 Å². The molecule has 1 fully saturated rings. The zero-order valence-corrected chi connectivity index (χ0v) is 10.1. The van der Waals surface area contributed by atoms with E-state index in [-0.39, 0.29) is 0 Å². The lowest BCUT2D eigenvalue weighted by Crippen LogP contribution is -2.24. The Balaban J connectivity index is 1.73. The lowest BCUT2D eigenvalue weighted by Gasteiger charge is -2.10. The maximum atomic E-state index is 4.34. The van der Waals surface area contributed by atoms with Gasteiger partial charge in [-0.25, -0.2) is 4.98 Å². The van der Waals surface area contributed by atoms with Gasteiger partial charge in [0.1, 0.15) is 5.82 Å². The second-order valence-electron chi connectivity index (χ2n) is 3.90. The standard InChI is InChI=1S/C11H19N3S/c1-2-14-6-5-13-11(14)9-12-8-10-4-3-7-15-10/h5-6,10,12H,2-4,7-9H2,1H3. The van der Waals surface area contributed by atoms with Crippen LogP contribution in [0.15, 0.2) is 12.4 Å². The molecule has 0 aliphatic carbocycles. The predicted octanol–water partition coefficient (Wildman–Crippen LogP) is 1.89. The zero-order chi connectivity index (χ0) is 10.5. The van der Waals surface area contributed by atoms with E-state index in [1.54, 1.807) is 0 Å². The minimum Gasteiger partial charge on any atom is -0.334 e. The first-order valence-electron chi connectivity index (χ1n) is 5.72. The lowest BCUT2D eigenvalue weighted by atomic mass is 10.2. The van der Waals surface area contributed by atoms with Crippen molar-refractivity contribution in [3.05, 3.63) is 18.2 Å². The molecule has 0 aromatic carbocycles. The fraction of sp³-hybridized carbons (Fsp3) is 0.727. The first-order valence-corrected chi connectivity index (χ1v) is 6.77. The number of imidazole rings is 1. The molecule has 0 bridgehead atoms. The number of thioether (sulfide) groups is 1. The van der Waals surface area contributed by atoms with E-state index in [0.29, 0.717) is 0 Å². The van der Waals surface area contributed by atoms with Crippen molar-refractivity contribution < 1.29 is 0 Å². The van der Waals surface area contributed by atoms with Gasteiger partial charge in [0.05, 0.1) is 6.54 Å². The molecular weight excluding hydrogens is 206 g/mol. The second-order valence-corrected chi connectivity index (χ2v) is 5.30. The van der Waals surface area contributed by atoms with Gasteiger partial charge in [0.25, 0.3) is 0 Å². The molecule has 0 radical (unpaired) electrons. The van der Waals surface area contributed by atoms with Crippen LogP contribution >= 0.6 is 11.8 Å². The first kappa shape index (κ1) is 11.0. The Bertz CT molecular complexity index is 292. The molecule has 1 aromatic heterocycles. The van der Waals surface area contributed by atoms with E-state index in [2.05, 4.69) is 33.6 Å². The molecule has 1 aliphatic heterocycles. The van der Waals surface area contributed by atoms with Gasteiger partial charge in [-0.3, -0.25) is 0 Å². The molecule has 4 heteroatoms. The van der Waals surface area contributed by atoms with Gasteiger partial charge in [0, 0.05) is 30.7 Å². The van der Waals surface area contributed by atoms with Gasteiger partial charge in [-0.15, -0.1) is 0 Å². The first-order chi connectivity index (χ1) is 7.40. The van der Waals surface area contributed by atoms with Crippen LogP contribution in [0.2, 0.25) is 0 Å². The van der Waals surface area contributed by atoms with E-state index < -0.39 is 0 Å². The summed E-state index contributed by atoms with van der Waals surface area (Å²) in [6.45, 7) is 5.19. The van der Waals surface area contributed by atoms with E-state index in [0.717, 1.165) is 30.7 Å². The molecule has 0 saturated carbocycles. The van der Waals surface area contributed by atoms with Crippen LogP contribution in [0.4, 0.5) is 0 Å². The summed E-state index contributed by atoms with van der Waals surface area (Å²) in [6, 6.07) is 0. The summed E-state index contributed by atoms with van der Waals surface area (Å²) in [5, 5.41) is 4.33. The van der Waals surface area contributed by atoms with Crippen LogP contribution in [-0.2, 0) is 13.1 Å². The largest absolute Gasteiger partial charge is 0.334 e. The third-order valence-electron chi connectivity index (χ3n) is 2.82. The Morgan fingerprint density at radius 2 is 2.60 bits per heavy atom. The molecule has 3 nitrogen and oxygen atoms in total. The van der Waals surface area contributed by atoms with Crippen molar-refractivity contribution in [2.75, 3.05) is 12.3 Å². The van der Waals surface area contributed by atoms with Crippen molar-refractivity contribution >= 4 is 11.8 Å². The van der Waals surface area contributed by atoms with Gasteiger partial charge in [-0.05, 0) is 25.5 Å². The quantitative estimate of drug-likeness (QED) is 0.830. The van der Waals surface area contributed by atoms with E-state index >= 15 is 0 Å². The highest BCUT2D eigenvalue weighted by atomic mass is 32.2. The maximum Gasteiger partial charge on any atom is 0.122 e. The fourth-order valence-corrected chi connectivity index (χ4v) is 3.18. The number of hydrogen-bond donors (Lipinski definition) is 1. The molecule has 1 saturated heterocycles. The highest BCUT2D eigenvalue weighted by Gasteiger charge is 2.14. The molecule has 0 amide bonds. The molecule has 84 valence electrons. The van der Waals surface area contributed by atoms with Gasteiger partial charge in [-0.2, -0.15) is 11.8 Å². The minimum atomic E-state index is 0.829. The third kappa shape index (κ3) is 2.98. The molecule has 2 rings (SSSR count). The van der Waals surface area contributed by atoms with E-state index in [4.69, 9.17) is 0 Å². The number of aromatic nitrogens is 2. The number of nitrogens with one attached hydrogen (secondary N) is 1. The minimum absolute atomic E-state index is 0.829. The zero-order valence-electron chi connectivity index (χ0n) is 9.28. The third-order valence-corrected chi connectivity index (χ3v) is 4.22. The van der Waals surface area contributed by atoms with Gasteiger partial charge >= 0.3 is 0 Å². The van der Waals surface area contributed by atoms with Crippen LogP contribution in [0.3, 0.4) is 0 Å². The molecular formula is C11H19N3S.